The van der Waals surface area contributed by atoms with Crippen molar-refractivity contribution in [3.63, 3.8) is 0 Å². The maximum atomic E-state index is 12.3. The van der Waals surface area contributed by atoms with Gasteiger partial charge in [-0.2, -0.15) is 0 Å². The predicted molar refractivity (Wildman–Crippen MR) is 97.2 cm³/mol. The zero-order valence-electron chi connectivity index (χ0n) is 13.4. The Morgan fingerprint density at radius 3 is 2.82 bits per heavy atom. The molecule has 2 unspecified atom stereocenters. The van der Waals surface area contributed by atoms with Gasteiger partial charge in [0.15, 0.2) is 0 Å². The summed E-state index contributed by atoms with van der Waals surface area (Å²) in [6, 6.07) is 0. The Labute approximate surface area is 149 Å². The molecule has 7 heteroatoms. The lowest BCUT2D eigenvalue weighted by Crippen LogP contribution is -2.42. The SMILES string of the molecule is CC(CC(=O)NC(C)(C)c1nccs1)C1CCCNC1.Cl.Cl. The minimum atomic E-state index is -0.379. The Morgan fingerprint density at radius 1 is 1.55 bits per heavy atom. The average molecular weight is 368 g/mol. The first kappa shape index (κ1) is 21.6. The molecule has 2 N–H and O–H groups in total. The minimum absolute atomic E-state index is 0. The van der Waals surface area contributed by atoms with Gasteiger partial charge < -0.3 is 10.6 Å². The summed E-state index contributed by atoms with van der Waals surface area (Å²) in [6.45, 7) is 8.37. The molecule has 2 heterocycles. The van der Waals surface area contributed by atoms with Crippen molar-refractivity contribution < 1.29 is 4.79 Å². The highest BCUT2D eigenvalue weighted by molar-refractivity contribution is 7.09. The zero-order chi connectivity index (χ0) is 14.6. The fourth-order valence-corrected chi connectivity index (χ4v) is 3.53. The van der Waals surface area contributed by atoms with E-state index in [1.807, 2.05) is 19.2 Å². The summed E-state index contributed by atoms with van der Waals surface area (Å²) in [4.78, 5) is 16.6. The number of thiazole rings is 1. The normalized spacial score (nSPS) is 19.5. The van der Waals surface area contributed by atoms with Crippen LogP contribution in [0.4, 0.5) is 0 Å². The van der Waals surface area contributed by atoms with Crippen molar-refractivity contribution in [1.29, 1.82) is 0 Å². The van der Waals surface area contributed by atoms with E-state index in [0.717, 1.165) is 18.1 Å². The molecule has 128 valence electrons. The lowest BCUT2D eigenvalue weighted by atomic mass is 9.85. The summed E-state index contributed by atoms with van der Waals surface area (Å²) in [7, 11) is 0. The molecule has 2 atom stereocenters. The maximum Gasteiger partial charge on any atom is 0.221 e. The molecule has 1 aromatic rings. The number of hydrogen-bond acceptors (Lipinski definition) is 4. The molecular formula is C15H27Cl2N3OS. The molecule has 2 rings (SSSR count). The number of nitrogens with zero attached hydrogens (tertiary/aromatic N) is 1. The highest BCUT2D eigenvalue weighted by Gasteiger charge is 2.28. The highest BCUT2D eigenvalue weighted by atomic mass is 35.5. The van der Waals surface area contributed by atoms with E-state index in [0.29, 0.717) is 18.3 Å². The standard InChI is InChI=1S/C15H25N3OS.2ClH/c1-11(12-5-4-6-16-10-12)9-13(19)18-15(2,3)14-17-7-8-20-14;;/h7-8,11-12,16H,4-6,9-10H2,1-3H3,(H,18,19);2*1H. The summed E-state index contributed by atoms with van der Waals surface area (Å²) < 4.78 is 0. The van der Waals surface area contributed by atoms with Crippen LogP contribution in [0.15, 0.2) is 11.6 Å². The molecule has 0 aromatic carbocycles. The molecule has 4 nitrogen and oxygen atoms in total. The fraction of sp³-hybridized carbons (Fsp3) is 0.733. The molecule has 1 amide bonds. The molecule has 0 bridgehead atoms. The second-order valence-electron chi connectivity index (χ2n) is 6.30. The molecule has 1 aliphatic heterocycles. The van der Waals surface area contributed by atoms with E-state index in [9.17, 15) is 4.79 Å². The molecule has 0 aliphatic carbocycles. The van der Waals surface area contributed by atoms with Gasteiger partial charge in [0, 0.05) is 18.0 Å². The van der Waals surface area contributed by atoms with Gasteiger partial charge in [-0.05, 0) is 51.6 Å². The Kier molecular flexibility index (Phi) is 9.55. The van der Waals surface area contributed by atoms with Crippen LogP contribution >= 0.6 is 36.2 Å². The Morgan fingerprint density at radius 2 is 2.27 bits per heavy atom. The first-order valence-corrected chi connectivity index (χ1v) is 8.28. The van der Waals surface area contributed by atoms with E-state index in [4.69, 9.17) is 0 Å². The van der Waals surface area contributed by atoms with Gasteiger partial charge in [-0.3, -0.25) is 4.79 Å². The summed E-state index contributed by atoms with van der Waals surface area (Å²) >= 11 is 1.58. The van der Waals surface area contributed by atoms with Gasteiger partial charge in [0.2, 0.25) is 5.91 Å². The smallest absolute Gasteiger partial charge is 0.221 e. The summed E-state index contributed by atoms with van der Waals surface area (Å²) in [5.74, 6) is 1.18. The molecule has 1 aromatic heterocycles. The van der Waals surface area contributed by atoms with Crippen LogP contribution in [0.2, 0.25) is 0 Å². The lowest BCUT2D eigenvalue weighted by Gasteiger charge is -2.29. The van der Waals surface area contributed by atoms with Crippen molar-refractivity contribution in [3.8, 4) is 0 Å². The summed E-state index contributed by atoms with van der Waals surface area (Å²) in [5.41, 5.74) is -0.379. The number of piperidine rings is 1. The van der Waals surface area contributed by atoms with Gasteiger partial charge in [0.25, 0.3) is 0 Å². The van der Waals surface area contributed by atoms with Gasteiger partial charge in [-0.25, -0.2) is 4.98 Å². The van der Waals surface area contributed by atoms with E-state index in [-0.39, 0.29) is 36.3 Å². The molecular weight excluding hydrogens is 341 g/mol. The van der Waals surface area contributed by atoms with Crippen molar-refractivity contribution in [2.75, 3.05) is 13.1 Å². The van der Waals surface area contributed by atoms with Gasteiger partial charge >= 0.3 is 0 Å². The van der Waals surface area contributed by atoms with E-state index in [2.05, 4.69) is 22.5 Å². The number of halogens is 2. The molecule has 0 radical (unpaired) electrons. The van der Waals surface area contributed by atoms with Crippen LogP contribution in [-0.4, -0.2) is 24.0 Å². The lowest BCUT2D eigenvalue weighted by molar-refractivity contribution is -0.124. The number of hydrogen-bond donors (Lipinski definition) is 2. The second-order valence-corrected chi connectivity index (χ2v) is 7.19. The fourth-order valence-electron chi connectivity index (χ4n) is 2.81. The van der Waals surface area contributed by atoms with Crippen LogP contribution in [0.3, 0.4) is 0 Å². The first-order valence-electron chi connectivity index (χ1n) is 7.41. The van der Waals surface area contributed by atoms with Crippen LogP contribution in [-0.2, 0) is 10.3 Å². The number of rotatable bonds is 5. The van der Waals surface area contributed by atoms with Crippen LogP contribution < -0.4 is 10.6 Å². The van der Waals surface area contributed by atoms with Crippen molar-refractivity contribution in [2.45, 2.75) is 45.6 Å². The third-order valence-electron chi connectivity index (χ3n) is 4.07. The zero-order valence-corrected chi connectivity index (χ0v) is 15.9. The number of aromatic nitrogens is 1. The Hall–Kier alpha value is -0.360. The molecule has 22 heavy (non-hydrogen) atoms. The van der Waals surface area contributed by atoms with Gasteiger partial charge in [0.05, 0.1) is 5.54 Å². The third kappa shape index (κ3) is 6.03. The molecule has 1 saturated heterocycles. The number of carbonyl (C=O) groups excluding carboxylic acids is 1. The first-order chi connectivity index (χ1) is 9.49. The van der Waals surface area contributed by atoms with Crippen molar-refractivity contribution in [1.82, 2.24) is 15.6 Å². The molecule has 1 fully saturated rings. The van der Waals surface area contributed by atoms with E-state index in [1.165, 1.54) is 12.8 Å². The summed E-state index contributed by atoms with van der Waals surface area (Å²) in [5, 5.41) is 9.44. The summed E-state index contributed by atoms with van der Waals surface area (Å²) in [6.07, 6.45) is 4.84. The molecule has 1 aliphatic rings. The van der Waals surface area contributed by atoms with E-state index < -0.39 is 0 Å². The van der Waals surface area contributed by atoms with E-state index in [1.54, 1.807) is 17.5 Å². The predicted octanol–water partition coefficient (Wildman–Crippen LogP) is 3.36. The van der Waals surface area contributed by atoms with Crippen LogP contribution in [0, 0.1) is 11.8 Å². The number of carbonyl (C=O) groups is 1. The largest absolute Gasteiger partial charge is 0.345 e. The van der Waals surface area contributed by atoms with E-state index >= 15 is 0 Å². The van der Waals surface area contributed by atoms with Gasteiger partial charge in [0.1, 0.15) is 5.01 Å². The second kappa shape index (κ2) is 9.71. The quantitative estimate of drug-likeness (QED) is 0.838. The number of nitrogens with one attached hydrogen (secondary N) is 2. The van der Waals surface area contributed by atoms with Gasteiger partial charge in [-0.15, -0.1) is 36.2 Å². The van der Waals surface area contributed by atoms with Crippen molar-refractivity contribution >= 4 is 42.1 Å². The van der Waals surface area contributed by atoms with Crippen LogP contribution in [0.1, 0.15) is 45.0 Å². The van der Waals surface area contributed by atoms with Gasteiger partial charge in [-0.1, -0.05) is 6.92 Å². The van der Waals surface area contributed by atoms with Crippen LogP contribution in [0.25, 0.3) is 0 Å². The van der Waals surface area contributed by atoms with Crippen LogP contribution in [0.5, 0.6) is 0 Å². The average Bonchev–Trinajstić information content (AvgIpc) is 2.93. The monoisotopic (exact) mass is 367 g/mol. The Balaban J connectivity index is 0.00000220. The topological polar surface area (TPSA) is 54.0 Å². The molecule has 0 spiro atoms. The van der Waals surface area contributed by atoms with Crippen molar-refractivity contribution in [2.24, 2.45) is 11.8 Å². The minimum Gasteiger partial charge on any atom is -0.345 e. The highest BCUT2D eigenvalue weighted by Crippen LogP contribution is 2.25. The number of amides is 1. The molecule has 0 saturated carbocycles. The third-order valence-corrected chi connectivity index (χ3v) is 5.16. The maximum absolute atomic E-state index is 12.3. The van der Waals surface area contributed by atoms with Crippen molar-refractivity contribution in [3.05, 3.63) is 16.6 Å². The Bertz CT molecular complexity index is 434.